The lowest BCUT2D eigenvalue weighted by Crippen LogP contribution is -2.24. The van der Waals surface area contributed by atoms with Gasteiger partial charge in [-0.2, -0.15) is 0 Å². The minimum absolute atomic E-state index is 0.160. The van der Waals surface area contributed by atoms with E-state index in [2.05, 4.69) is 19.1 Å². The zero-order valence-electron chi connectivity index (χ0n) is 14.9. The van der Waals surface area contributed by atoms with Crippen molar-refractivity contribution in [2.75, 3.05) is 0 Å². The van der Waals surface area contributed by atoms with E-state index in [-0.39, 0.29) is 6.42 Å². The van der Waals surface area contributed by atoms with Crippen LogP contribution < -0.4 is 0 Å². The van der Waals surface area contributed by atoms with Crippen molar-refractivity contribution in [2.24, 2.45) is 0 Å². The number of carboxylic acid groups (broad SMARTS) is 1. The average Bonchev–Trinajstić information content (AvgIpc) is 2.55. The van der Waals surface area contributed by atoms with Crippen LogP contribution in [-0.2, 0) is 4.79 Å². The van der Waals surface area contributed by atoms with Gasteiger partial charge in [-0.15, -0.1) is 0 Å². The Hall–Kier alpha value is -1.39. The van der Waals surface area contributed by atoms with Crippen molar-refractivity contribution in [3.8, 4) is 0 Å². The molecule has 2 atom stereocenters. The molecule has 24 heavy (non-hydrogen) atoms. The first kappa shape index (κ1) is 22.6. The number of allylic oxidation sites excluding steroid dienone is 4. The highest BCUT2D eigenvalue weighted by molar-refractivity contribution is 5.66. The molecule has 0 rings (SSSR count). The molecule has 4 heteroatoms. The van der Waals surface area contributed by atoms with E-state index in [0.29, 0.717) is 25.7 Å². The molecule has 0 aliphatic heterocycles. The summed E-state index contributed by atoms with van der Waals surface area (Å²) in [5.74, 6) is -0.790. The van der Waals surface area contributed by atoms with Crippen LogP contribution in [-0.4, -0.2) is 33.5 Å². The Morgan fingerprint density at radius 2 is 1.38 bits per heavy atom. The van der Waals surface area contributed by atoms with Gasteiger partial charge in [-0.1, -0.05) is 56.2 Å². The summed E-state index contributed by atoms with van der Waals surface area (Å²) in [5, 5.41) is 28.2. The highest BCUT2D eigenvalue weighted by Crippen LogP contribution is 2.07. The third-order valence-electron chi connectivity index (χ3n) is 3.71. The van der Waals surface area contributed by atoms with Crippen LogP contribution in [0.5, 0.6) is 0 Å². The van der Waals surface area contributed by atoms with E-state index >= 15 is 0 Å². The second kappa shape index (κ2) is 16.5. The Bertz CT molecular complexity index is 385. The first-order chi connectivity index (χ1) is 11.6. The molecule has 0 radical (unpaired) electrons. The molecule has 3 N–H and O–H groups in total. The molecule has 0 fully saturated rings. The van der Waals surface area contributed by atoms with Gasteiger partial charge in [-0.05, 0) is 44.9 Å². The minimum atomic E-state index is -0.790. The highest BCUT2D eigenvalue weighted by Gasteiger charge is 2.12. The van der Waals surface area contributed by atoms with Gasteiger partial charge in [0.2, 0.25) is 0 Å². The average molecular weight is 338 g/mol. The van der Waals surface area contributed by atoms with Gasteiger partial charge in [-0.25, -0.2) is 0 Å². The number of rotatable bonds is 15. The molecule has 0 saturated carbocycles. The number of hydrogen-bond donors (Lipinski definition) is 3. The Balaban J connectivity index is 3.70. The Morgan fingerprint density at radius 3 is 2.00 bits per heavy atom. The standard InChI is InChI=1S/C20H34O4/c1-2-3-4-5-6-7-8-9-12-15-18(21)19(22)16-13-10-11-14-17-20(23)24/h6-7,9-10,12-13,18-19,21-22H,2-5,8,11,14-17H2,1H3,(H,23,24)/b7-6+,12-9+,13-10+/t18-,19+/m0/s1. The smallest absolute Gasteiger partial charge is 0.303 e. The lowest BCUT2D eigenvalue weighted by molar-refractivity contribution is -0.137. The monoisotopic (exact) mass is 338 g/mol. The molecule has 138 valence electrons. The van der Waals surface area contributed by atoms with Crippen LogP contribution >= 0.6 is 0 Å². The number of aliphatic hydroxyl groups excluding tert-OH is 2. The normalized spacial score (nSPS) is 14.8. The third kappa shape index (κ3) is 15.5. The summed E-state index contributed by atoms with van der Waals surface area (Å²) in [6.07, 6.45) is 18.4. The topological polar surface area (TPSA) is 77.8 Å². The summed E-state index contributed by atoms with van der Waals surface area (Å²) >= 11 is 0. The van der Waals surface area contributed by atoms with Crippen molar-refractivity contribution in [1.29, 1.82) is 0 Å². The van der Waals surface area contributed by atoms with E-state index in [1.807, 2.05) is 18.2 Å². The van der Waals surface area contributed by atoms with Crippen LogP contribution in [0.25, 0.3) is 0 Å². The number of aliphatic carboxylic acids is 1. The fourth-order valence-electron chi connectivity index (χ4n) is 2.18. The predicted octanol–water partition coefficient (Wildman–Crippen LogP) is 4.38. The molecule has 0 aliphatic rings. The van der Waals surface area contributed by atoms with Crippen LogP contribution in [0.1, 0.15) is 71.1 Å². The summed E-state index contributed by atoms with van der Waals surface area (Å²) in [6, 6.07) is 0. The van der Waals surface area contributed by atoms with Gasteiger partial charge in [0, 0.05) is 6.42 Å². The van der Waals surface area contributed by atoms with Crippen molar-refractivity contribution in [1.82, 2.24) is 0 Å². The highest BCUT2D eigenvalue weighted by atomic mass is 16.4. The SMILES string of the molecule is CCCCC/C=C/C/C=C/C[C@H](O)[C@H](O)C/C=C/CCCC(=O)O. The minimum Gasteiger partial charge on any atom is -0.481 e. The molecule has 0 amide bonds. The summed E-state index contributed by atoms with van der Waals surface area (Å²) in [4.78, 5) is 10.3. The molecular weight excluding hydrogens is 304 g/mol. The molecule has 0 aromatic rings. The zero-order valence-corrected chi connectivity index (χ0v) is 14.9. The first-order valence-corrected chi connectivity index (χ1v) is 9.10. The van der Waals surface area contributed by atoms with Gasteiger partial charge in [-0.3, -0.25) is 4.79 Å². The quantitative estimate of drug-likeness (QED) is 0.306. The first-order valence-electron chi connectivity index (χ1n) is 9.10. The molecule has 0 bridgehead atoms. The van der Waals surface area contributed by atoms with Crippen molar-refractivity contribution >= 4 is 5.97 Å². The summed E-state index contributed by atoms with van der Waals surface area (Å²) in [7, 11) is 0. The predicted molar refractivity (Wildman–Crippen MR) is 98.9 cm³/mol. The van der Waals surface area contributed by atoms with Gasteiger partial charge >= 0.3 is 5.97 Å². The van der Waals surface area contributed by atoms with E-state index in [4.69, 9.17) is 5.11 Å². The number of aliphatic hydroxyl groups is 2. The maximum Gasteiger partial charge on any atom is 0.303 e. The Kier molecular flexibility index (Phi) is 15.5. The van der Waals surface area contributed by atoms with Gasteiger partial charge in [0.1, 0.15) is 0 Å². The zero-order chi connectivity index (χ0) is 18.0. The van der Waals surface area contributed by atoms with E-state index < -0.39 is 18.2 Å². The van der Waals surface area contributed by atoms with Crippen LogP contribution in [0.4, 0.5) is 0 Å². The summed E-state index contributed by atoms with van der Waals surface area (Å²) in [5.41, 5.74) is 0. The van der Waals surface area contributed by atoms with Crippen molar-refractivity contribution in [3.05, 3.63) is 36.5 Å². The number of unbranched alkanes of at least 4 members (excludes halogenated alkanes) is 4. The second-order valence-electron chi connectivity index (χ2n) is 6.04. The number of carbonyl (C=O) groups is 1. The van der Waals surface area contributed by atoms with Crippen LogP contribution in [0.2, 0.25) is 0 Å². The maximum atomic E-state index is 10.3. The van der Waals surface area contributed by atoms with Crippen LogP contribution in [0, 0.1) is 0 Å². The van der Waals surface area contributed by atoms with Crippen LogP contribution in [0.3, 0.4) is 0 Å². The Morgan fingerprint density at radius 1 is 0.833 bits per heavy atom. The number of carboxylic acids is 1. The largest absolute Gasteiger partial charge is 0.481 e. The van der Waals surface area contributed by atoms with Gasteiger partial charge in [0.05, 0.1) is 12.2 Å². The fraction of sp³-hybridized carbons (Fsp3) is 0.650. The van der Waals surface area contributed by atoms with Crippen LogP contribution in [0.15, 0.2) is 36.5 Å². The molecule has 0 unspecified atom stereocenters. The van der Waals surface area contributed by atoms with Gasteiger partial charge < -0.3 is 15.3 Å². The van der Waals surface area contributed by atoms with E-state index in [1.165, 1.54) is 19.3 Å². The van der Waals surface area contributed by atoms with E-state index in [0.717, 1.165) is 12.8 Å². The Labute approximate surface area is 146 Å². The van der Waals surface area contributed by atoms with E-state index in [9.17, 15) is 15.0 Å². The third-order valence-corrected chi connectivity index (χ3v) is 3.71. The summed E-state index contributed by atoms with van der Waals surface area (Å²) < 4.78 is 0. The summed E-state index contributed by atoms with van der Waals surface area (Å²) in [6.45, 7) is 2.20. The molecule has 0 heterocycles. The molecule has 0 aromatic carbocycles. The maximum absolute atomic E-state index is 10.3. The molecule has 0 spiro atoms. The lowest BCUT2D eigenvalue weighted by Gasteiger charge is -2.14. The molecule has 0 aromatic heterocycles. The molecular formula is C20H34O4. The molecule has 0 saturated heterocycles. The van der Waals surface area contributed by atoms with Crippen molar-refractivity contribution in [3.63, 3.8) is 0 Å². The van der Waals surface area contributed by atoms with Gasteiger partial charge in [0.15, 0.2) is 0 Å². The van der Waals surface area contributed by atoms with Crippen molar-refractivity contribution < 1.29 is 20.1 Å². The van der Waals surface area contributed by atoms with E-state index in [1.54, 1.807) is 6.08 Å². The lowest BCUT2D eigenvalue weighted by atomic mass is 10.1. The molecule has 4 nitrogen and oxygen atoms in total. The second-order valence-corrected chi connectivity index (χ2v) is 6.04. The molecule has 0 aliphatic carbocycles. The fourth-order valence-corrected chi connectivity index (χ4v) is 2.18. The van der Waals surface area contributed by atoms with Gasteiger partial charge in [0.25, 0.3) is 0 Å². The van der Waals surface area contributed by atoms with Crippen molar-refractivity contribution in [2.45, 2.75) is 83.3 Å². The number of hydrogen-bond acceptors (Lipinski definition) is 3.